The molecule has 7 aromatic carbocycles. The van der Waals surface area contributed by atoms with E-state index in [1.807, 2.05) is 54.4 Å². The molecule has 8 N–H and O–H groups in total. The van der Waals surface area contributed by atoms with Crippen LogP contribution in [0.5, 0.6) is 0 Å². The average molecular weight is 1580 g/mol. The number of ether oxygens (including phenoxy) is 1. The highest BCUT2D eigenvalue weighted by Gasteiger charge is 2.19. The predicted molar refractivity (Wildman–Crippen MR) is 480 cm³/mol. The van der Waals surface area contributed by atoms with Crippen molar-refractivity contribution in [2.24, 2.45) is 34.9 Å². The lowest BCUT2D eigenvalue weighted by atomic mass is 10.0. The molecule has 0 aliphatic carbocycles. The van der Waals surface area contributed by atoms with Gasteiger partial charge in [0, 0.05) is 147 Å². The number of nitrogens with one attached hydrogen (secondary N) is 8. The summed E-state index contributed by atoms with van der Waals surface area (Å²) in [5, 5.41) is 26.0. The van der Waals surface area contributed by atoms with Crippen molar-refractivity contribution in [3.05, 3.63) is 231 Å². The highest BCUT2D eigenvalue weighted by Crippen LogP contribution is 2.19. The molecule has 16 rings (SSSR count). The molecule has 0 saturated carbocycles. The van der Waals surface area contributed by atoms with Crippen LogP contribution in [0.3, 0.4) is 0 Å². The number of benzene rings is 7. The van der Waals surface area contributed by atoms with Crippen molar-refractivity contribution in [2.75, 3.05) is 186 Å². The molecule has 7 aromatic rings. The standard InChI is InChI=1S/2C12H17N3.C12H15N.2C11H15N3.C10H13N3.C10H12N2O.C5H11NO2S.C5H11NS/c1-10-5-3-4-6-11(10)9-14-12-13-7-8-15(12)2;1-10-5-3-4-6-11(10)9-15(2)12-13-7-8-14-12;1-10-5-2-3-6-11(10)9-12-7-4-8-13-12;1-9-5-3-4-6-10(9)13-11-12-7-8-14(11)2;1-9-4-2-3-5-10(9)8-14-11-12-6-7-13-11;1-8-4-2-3-5-9(8)13-10-11-6-7-12-10;1-8-4-2-3-5-9(8)12-10-11-6-7-13-10;1-6-2-4-9(7,8)5-3-6;1-6-2-4-7-5-3-6/h2*3-6H,7-9H2,1-2H3,(H,13,14);2-3,5-6H,4,7-9H2,1H3;3-6H,7-8H2,1-2H3,(H,12,13);2-5H,6-8H2,1H3,(H2,12,13,14);2-5H,6-7H2,1H3,(H2,11,12,13);2-5H,6-7H2,1H3,(H,11,12);2-5H2,1H3;2-5H2,1H3. The van der Waals surface area contributed by atoms with Gasteiger partial charge in [0.25, 0.3) is 6.02 Å². The summed E-state index contributed by atoms with van der Waals surface area (Å²) in [6.45, 7) is 33.2. The van der Waals surface area contributed by atoms with E-state index in [0.29, 0.717) is 37.2 Å². The zero-order valence-corrected chi connectivity index (χ0v) is 70.8. The van der Waals surface area contributed by atoms with E-state index in [0.717, 1.165) is 151 Å². The van der Waals surface area contributed by atoms with E-state index in [9.17, 15) is 8.42 Å². The molecule has 9 heterocycles. The summed E-state index contributed by atoms with van der Waals surface area (Å²) >= 11 is 2.06. The summed E-state index contributed by atoms with van der Waals surface area (Å²) in [6.07, 6.45) is 3.52. The van der Waals surface area contributed by atoms with E-state index in [1.54, 1.807) is 0 Å². The number of aryl methyl sites for hydroxylation is 7. The van der Waals surface area contributed by atoms with E-state index < -0.39 is 9.84 Å². The van der Waals surface area contributed by atoms with Crippen LogP contribution >= 0.6 is 11.8 Å². The number of guanidine groups is 5. The Morgan fingerprint density at radius 1 is 0.434 bits per heavy atom. The maximum Gasteiger partial charge on any atom is 0.289 e. The highest BCUT2D eigenvalue weighted by molar-refractivity contribution is 7.99. The van der Waals surface area contributed by atoms with Gasteiger partial charge in [-0.3, -0.25) is 30.0 Å². The molecule has 23 nitrogen and oxygen atoms in total. The van der Waals surface area contributed by atoms with Crippen LogP contribution in [0.15, 0.2) is 205 Å². The number of anilines is 3. The van der Waals surface area contributed by atoms with Crippen molar-refractivity contribution in [1.29, 1.82) is 0 Å². The quantitative estimate of drug-likeness (QED) is 0.0600. The molecular formula is C88H126N20O3S2. The second-order valence-corrected chi connectivity index (χ2v) is 32.5. The Kier molecular flexibility index (Phi) is 38.3. The van der Waals surface area contributed by atoms with Gasteiger partial charge in [-0.1, -0.05) is 152 Å². The number of amidine groups is 1. The van der Waals surface area contributed by atoms with E-state index >= 15 is 0 Å². The van der Waals surface area contributed by atoms with Crippen LogP contribution in [0, 0.1) is 48.5 Å². The lowest BCUT2D eigenvalue weighted by molar-refractivity contribution is 0.346. The van der Waals surface area contributed by atoms with Crippen molar-refractivity contribution >= 4 is 80.2 Å². The maximum absolute atomic E-state index is 10.8. The summed E-state index contributed by atoms with van der Waals surface area (Å²) in [5.41, 5.74) is 19.2. The molecule has 2 fully saturated rings. The number of thioether (sulfide) groups is 1. The molecule has 0 radical (unpaired) electrons. The summed E-state index contributed by atoms with van der Waals surface area (Å²) in [6, 6.07) is 59.0. The zero-order chi connectivity index (χ0) is 80.4. The van der Waals surface area contributed by atoms with Crippen LogP contribution in [0.25, 0.3) is 0 Å². The fraction of sp³-hybridized carbons (Fsp3) is 0.443. The summed E-state index contributed by atoms with van der Waals surface area (Å²) in [5.74, 6) is 8.14. The molecule has 9 aliphatic rings. The van der Waals surface area contributed by atoms with Crippen LogP contribution in [-0.2, 0) is 40.6 Å². The van der Waals surface area contributed by atoms with E-state index in [-0.39, 0.29) is 0 Å². The summed E-state index contributed by atoms with van der Waals surface area (Å²) in [4.78, 5) is 41.2. The van der Waals surface area contributed by atoms with E-state index in [4.69, 9.17) is 4.74 Å². The third-order valence-corrected chi connectivity index (χ3v) is 22.3. The largest absolute Gasteiger partial charge is 0.463 e. The molecule has 25 heteroatoms. The predicted octanol–water partition coefficient (Wildman–Crippen LogP) is 11.5. The van der Waals surface area contributed by atoms with Crippen LogP contribution in [0.2, 0.25) is 0 Å². The van der Waals surface area contributed by atoms with Gasteiger partial charge in [0.2, 0.25) is 0 Å². The molecule has 2 saturated heterocycles. The molecule has 608 valence electrons. The normalized spacial score (nSPS) is 16.8. The van der Waals surface area contributed by atoms with Crippen molar-refractivity contribution in [3.8, 4) is 0 Å². The zero-order valence-electron chi connectivity index (χ0n) is 69.2. The summed E-state index contributed by atoms with van der Waals surface area (Å²) < 4.78 is 26.8. The molecule has 0 aromatic heterocycles. The van der Waals surface area contributed by atoms with Crippen LogP contribution < -0.4 is 42.5 Å². The van der Waals surface area contributed by atoms with Crippen molar-refractivity contribution in [1.82, 2.24) is 51.1 Å². The molecule has 9 aliphatic heterocycles. The van der Waals surface area contributed by atoms with Gasteiger partial charge < -0.3 is 71.8 Å². The Labute approximate surface area is 679 Å². The maximum atomic E-state index is 10.8. The molecule has 113 heavy (non-hydrogen) atoms. The minimum absolute atomic E-state index is 0.337. The van der Waals surface area contributed by atoms with Gasteiger partial charge in [0.05, 0.1) is 50.8 Å². The number of rotatable bonds is 11. The fourth-order valence-corrected chi connectivity index (χ4v) is 14.7. The average Bonchev–Trinajstić information content (AvgIpc) is 1.74. The smallest absolute Gasteiger partial charge is 0.289 e. The van der Waals surface area contributed by atoms with Crippen molar-refractivity contribution < 1.29 is 13.2 Å². The topological polar surface area (TPSA) is 242 Å². The second kappa shape index (κ2) is 48.9. The van der Waals surface area contributed by atoms with Gasteiger partial charge in [0.15, 0.2) is 39.6 Å². The molecular weight excluding hydrogens is 1450 g/mol. The number of hydrogen-bond acceptors (Lipinski definition) is 24. The van der Waals surface area contributed by atoms with Crippen LogP contribution in [0.4, 0.5) is 17.1 Å². The number of nitrogens with zero attached hydrogens (tertiary/aromatic N) is 12. The first-order chi connectivity index (χ1) is 54.7. The van der Waals surface area contributed by atoms with Gasteiger partial charge >= 0.3 is 0 Å². The Morgan fingerprint density at radius 2 is 0.885 bits per heavy atom. The number of likely N-dealkylation sites (N-methyl/N-ethyl adjacent to an activating group) is 2. The van der Waals surface area contributed by atoms with E-state index in [2.05, 4.69) is 313 Å². The van der Waals surface area contributed by atoms with Crippen molar-refractivity contribution in [3.63, 3.8) is 0 Å². The lowest BCUT2D eigenvalue weighted by Gasteiger charge is -2.21. The molecule has 0 atom stereocenters. The molecule has 0 spiro atoms. The van der Waals surface area contributed by atoms with Gasteiger partial charge in [-0.15, -0.1) is 0 Å². The Morgan fingerprint density at radius 3 is 1.32 bits per heavy atom. The first kappa shape index (κ1) is 88.6. The summed E-state index contributed by atoms with van der Waals surface area (Å²) in [7, 11) is 7.65. The SMILES string of the molecule is CN1CCS(=O)(=O)CC1.CN1CCSCC1.Cc1ccccc1CC1=NCCC1.Cc1ccccc1CN(C)C1=NCCN1.Cc1ccccc1CNC1=NCCN1.Cc1ccccc1CNC1=NCCN1C.Cc1ccccc1NC1=NCCN1.Cc1ccccc1NC1=NCCN1C.Cc1ccccc1NC1=NCCO1. The number of hydrogen-bond donors (Lipinski definition) is 8. The molecule has 0 amide bonds. The minimum atomic E-state index is -2.66. The highest BCUT2D eigenvalue weighted by atomic mass is 32.2. The van der Waals surface area contributed by atoms with Gasteiger partial charge in [0.1, 0.15) is 6.61 Å². The molecule has 0 bridgehead atoms. The van der Waals surface area contributed by atoms with Crippen molar-refractivity contribution in [2.45, 2.75) is 87.4 Å². The van der Waals surface area contributed by atoms with Gasteiger partial charge in [-0.05, 0) is 155 Å². The van der Waals surface area contributed by atoms with Gasteiger partial charge in [-0.2, -0.15) is 11.8 Å². The first-order valence-electron chi connectivity index (χ1n) is 39.8. The molecule has 0 unspecified atom stereocenters. The first-order valence-corrected chi connectivity index (χ1v) is 42.8. The Hall–Kier alpha value is -9.95. The Bertz CT molecular complexity index is 4210. The van der Waals surface area contributed by atoms with Crippen LogP contribution in [0.1, 0.15) is 74.0 Å². The second-order valence-electron chi connectivity index (χ2n) is 28.9. The number of aliphatic imine (C=N–C) groups is 7. The van der Waals surface area contributed by atoms with E-state index in [1.165, 1.54) is 104 Å². The number of sulfone groups is 1. The third-order valence-electron chi connectivity index (χ3n) is 19.7. The minimum Gasteiger partial charge on any atom is -0.463 e. The number of para-hydroxylation sites is 3. The lowest BCUT2D eigenvalue weighted by Crippen LogP contribution is -2.37. The van der Waals surface area contributed by atoms with Crippen LogP contribution in [-0.4, -0.2) is 244 Å². The fourth-order valence-electron chi connectivity index (χ4n) is 12.3. The Balaban J connectivity index is 0.000000160. The third kappa shape index (κ3) is 33.0. The monoisotopic (exact) mass is 1570 g/mol. The van der Waals surface area contributed by atoms with Gasteiger partial charge in [-0.25, -0.2) is 13.4 Å².